The Morgan fingerprint density at radius 1 is 1.41 bits per heavy atom. The van der Waals surface area contributed by atoms with Gasteiger partial charge >= 0.3 is 0 Å². The first-order valence-electron chi connectivity index (χ1n) is 5.81. The summed E-state index contributed by atoms with van der Waals surface area (Å²) in [7, 11) is 0. The second kappa shape index (κ2) is 5.07. The molecule has 1 N–H and O–H groups in total. The first-order chi connectivity index (χ1) is 8.08. The molecule has 0 aromatic heterocycles. The van der Waals surface area contributed by atoms with Crippen molar-refractivity contribution in [2.24, 2.45) is 0 Å². The summed E-state index contributed by atoms with van der Waals surface area (Å²) in [6.45, 7) is 3.14. The minimum absolute atomic E-state index is 0.0334. The molecule has 0 radical (unpaired) electrons. The summed E-state index contributed by atoms with van der Waals surface area (Å²) in [5, 5.41) is 10.1. The number of piperidine rings is 1. The van der Waals surface area contributed by atoms with Gasteiger partial charge in [-0.25, -0.2) is 0 Å². The van der Waals surface area contributed by atoms with Crippen LogP contribution in [0.5, 0.6) is 0 Å². The van der Waals surface area contributed by atoms with Crippen molar-refractivity contribution >= 4 is 17.5 Å². The van der Waals surface area contributed by atoms with Crippen LogP contribution in [0.4, 0.5) is 0 Å². The highest BCUT2D eigenvalue weighted by atomic mass is 35.5. The predicted molar refractivity (Wildman–Crippen MR) is 67.3 cm³/mol. The van der Waals surface area contributed by atoms with Crippen molar-refractivity contribution in [3.8, 4) is 0 Å². The summed E-state index contributed by atoms with van der Waals surface area (Å²) in [6.07, 6.45) is 1.07. The number of benzene rings is 1. The van der Waals surface area contributed by atoms with Crippen molar-refractivity contribution in [1.82, 2.24) is 4.90 Å². The molecule has 0 saturated carbocycles. The van der Waals surface area contributed by atoms with Crippen molar-refractivity contribution in [2.45, 2.75) is 25.9 Å². The molecule has 1 aromatic rings. The number of aliphatic hydroxyl groups is 1. The van der Waals surface area contributed by atoms with Crippen molar-refractivity contribution < 1.29 is 9.90 Å². The van der Waals surface area contributed by atoms with E-state index in [1.54, 1.807) is 23.1 Å². The molecular weight excluding hydrogens is 238 g/mol. The highest BCUT2D eigenvalue weighted by molar-refractivity contribution is 6.30. The lowest BCUT2D eigenvalue weighted by Crippen LogP contribution is -2.40. The zero-order valence-electron chi connectivity index (χ0n) is 9.82. The Labute approximate surface area is 106 Å². The average molecular weight is 254 g/mol. The van der Waals surface area contributed by atoms with Crippen LogP contribution in [0.15, 0.2) is 18.2 Å². The van der Waals surface area contributed by atoms with Crippen LogP contribution in [-0.2, 0) is 0 Å². The van der Waals surface area contributed by atoms with Gasteiger partial charge in [-0.15, -0.1) is 0 Å². The number of aliphatic hydroxyl groups excluding tert-OH is 1. The summed E-state index contributed by atoms with van der Waals surface area (Å²) in [4.78, 5) is 14.0. The molecule has 0 unspecified atom stereocenters. The van der Waals surface area contributed by atoms with E-state index in [1.807, 2.05) is 6.92 Å². The zero-order valence-corrected chi connectivity index (χ0v) is 10.6. The number of hydrogen-bond donors (Lipinski definition) is 1. The molecular formula is C13H16ClNO2. The van der Waals surface area contributed by atoms with E-state index in [2.05, 4.69) is 0 Å². The topological polar surface area (TPSA) is 40.5 Å². The van der Waals surface area contributed by atoms with Crippen LogP contribution < -0.4 is 0 Å². The third kappa shape index (κ3) is 2.79. The number of nitrogens with zero attached hydrogens (tertiary/aromatic N) is 1. The molecule has 17 heavy (non-hydrogen) atoms. The number of hydrogen-bond acceptors (Lipinski definition) is 2. The molecule has 1 aliphatic heterocycles. The minimum Gasteiger partial charge on any atom is -0.393 e. The molecule has 1 aromatic carbocycles. The van der Waals surface area contributed by atoms with Crippen LogP contribution in [0.25, 0.3) is 0 Å². The summed E-state index contributed by atoms with van der Waals surface area (Å²) < 4.78 is 0. The maximum absolute atomic E-state index is 12.2. The largest absolute Gasteiger partial charge is 0.393 e. The second-order valence-corrected chi connectivity index (χ2v) is 4.92. The SMILES string of the molecule is Cc1cc(Cl)ccc1C(=O)N1CCC(O)CC1. The van der Waals surface area contributed by atoms with E-state index < -0.39 is 0 Å². The summed E-state index contributed by atoms with van der Waals surface area (Å²) in [6, 6.07) is 5.30. The van der Waals surface area contributed by atoms with Crippen molar-refractivity contribution in [1.29, 1.82) is 0 Å². The fourth-order valence-electron chi connectivity index (χ4n) is 2.11. The van der Waals surface area contributed by atoms with E-state index in [9.17, 15) is 9.90 Å². The molecule has 0 bridgehead atoms. The Kier molecular flexibility index (Phi) is 3.69. The predicted octanol–water partition coefficient (Wildman–Crippen LogP) is 2.25. The molecule has 1 saturated heterocycles. The monoisotopic (exact) mass is 253 g/mol. The van der Waals surface area contributed by atoms with Crippen LogP contribution in [0.1, 0.15) is 28.8 Å². The van der Waals surface area contributed by atoms with Gasteiger partial charge < -0.3 is 10.0 Å². The molecule has 2 rings (SSSR count). The van der Waals surface area contributed by atoms with E-state index in [-0.39, 0.29) is 12.0 Å². The molecule has 1 heterocycles. The summed E-state index contributed by atoms with van der Waals surface area (Å²) in [5.74, 6) is 0.0334. The zero-order chi connectivity index (χ0) is 12.4. The molecule has 1 amide bonds. The third-order valence-corrected chi connectivity index (χ3v) is 3.41. The highest BCUT2D eigenvalue weighted by Gasteiger charge is 2.23. The van der Waals surface area contributed by atoms with Gasteiger partial charge in [-0.3, -0.25) is 4.79 Å². The smallest absolute Gasteiger partial charge is 0.254 e. The third-order valence-electron chi connectivity index (χ3n) is 3.17. The number of aryl methyl sites for hydroxylation is 1. The normalized spacial score (nSPS) is 17.2. The maximum atomic E-state index is 12.2. The van der Waals surface area contributed by atoms with Crippen molar-refractivity contribution in [3.05, 3.63) is 34.3 Å². The van der Waals surface area contributed by atoms with Gasteiger partial charge in [0.25, 0.3) is 5.91 Å². The van der Waals surface area contributed by atoms with Crippen LogP contribution in [0, 0.1) is 6.92 Å². The van der Waals surface area contributed by atoms with Gasteiger partial charge in [0.2, 0.25) is 0 Å². The van der Waals surface area contributed by atoms with Crippen LogP contribution in [0.3, 0.4) is 0 Å². The van der Waals surface area contributed by atoms with E-state index >= 15 is 0 Å². The Bertz CT molecular complexity index is 425. The molecule has 1 fully saturated rings. The van der Waals surface area contributed by atoms with Gasteiger partial charge in [-0.05, 0) is 43.5 Å². The number of amides is 1. The number of carbonyl (C=O) groups is 1. The van der Waals surface area contributed by atoms with Gasteiger partial charge in [0.1, 0.15) is 0 Å². The molecule has 1 aliphatic rings. The Morgan fingerprint density at radius 3 is 2.65 bits per heavy atom. The molecule has 0 spiro atoms. The van der Waals surface area contributed by atoms with E-state index in [0.717, 1.165) is 5.56 Å². The number of halogens is 1. The van der Waals surface area contributed by atoms with Gasteiger partial charge in [0.05, 0.1) is 6.10 Å². The molecule has 4 heteroatoms. The van der Waals surface area contributed by atoms with Gasteiger partial charge in [0, 0.05) is 23.7 Å². The van der Waals surface area contributed by atoms with E-state index in [0.29, 0.717) is 36.5 Å². The van der Waals surface area contributed by atoms with E-state index in [4.69, 9.17) is 11.6 Å². The lowest BCUT2D eigenvalue weighted by Gasteiger charge is -2.30. The Morgan fingerprint density at radius 2 is 2.06 bits per heavy atom. The fraction of sp³-hybridized carbons (Fsp3) is 0.462. The van der Waals surface area contributed by atoms with E-state index in [1.165, 1.54) is 0 Å². The van der Waals surface area contributed by atoms with Crippen LogP contribution in [0.2, 0.25) is 5.02 Å². The Balaban J connectivity index is 2.14. The maximum Gasteiger partial charge on any atom is 0.254 e. The number of carbonyl (C=O) groups excluding carboxylic acids is 1. The first-order valence-corrected chi connectivity index (χ1v) is 6.19. The highest BCUT2D eigenvalue weighted by Crippen LogP contribution is 2.19. The molecule has 3 nitrogen and oxygen atoms in total. The minimum atomic E-state index is -0.259. The molecule has 0 atom stereocenters. The van der Waals surface area contributed by atoms with Gasteiger partial charge in [0.15, 0.2) is 0 Å². The summed E-state index contributed by atoms with van der Waals surface area (Å²) in [5.41, 5.74) is 1.60. The van der Waals surface area contributed by atoms with Crippen LogP contribution >= 0.6 is 11.6 Å². The van der Waals surface area contributed by atoms with Crippen molar-refractivity contribution in [2.75, 3.05) is 13.1 Å². The van der Waals surface area contributed by atoms with Gasteiger partial charge in [-0.1, -0.05) is 11.6 Å². The van der Waals surface area contributed by atoms with Gasteiger partial charge in [-0.2, -0.15) is 0 Å². The van der Waals surface area contributed by atoms with Crippen molar-refractivity contribution in [3.63, 3.8) is 0 Å². The fourth-order valence-corrected chi connectivity index (χ4v) is 2.33. The second-order valence-electron chi connectivity index (χ2n) is 4.48. The van der Waals surface area contributed by atoms with Crippen LogP contribution in [-0.4, -0.2) is 35.1 Å². The standard InChI is InChI=1S/C13H16ClNO2/c1-9-8-10(14)2-3-12(9)13(17)15-6-4-11(16)5-7-15/h2-3,8,11,16H,4-7H2,1H3. The quantitative estimate of drug-likeness (QED) is 0.834. The lowest BCUT2D eigenvalue weighted by atomic mass is 10.0. The molecule has 0 aliphatic carbocycles. The Hall–Kier alpha value is -1.06. The average Bonchev–Trinajstić information content (AvgIpc) is 2.29. The lowest BCUT2D eigenvalue weighted by molar-refractivity contribution is 0.0546. The first kappa shape index (κ1) is 12.4. The molecule has 92 valence electrons. The number of likely N-dealkylation sites (tertiary alicyclic amines) is 1. The number of rotatable bonds is 1. The summed E-state index contributed by atoms with van der Waals surface area (Å²) >= 11 is 5.87.